The molecule has 3 nitrogen and oxygen atoms in total. The summed E-state index contributed by atoms with van der Waals surface area (Å²) in [4.78, 5) is 13.3. The van der Waals surface area contributed by atoms with E-state index in [1.807, 2.05) is 12.1 Å². The van der Waals surface area contributed by atoms with Gasteiger partial charge in [-0.2, -0.15) is 0 Å². The second-order valence-corrected chi connectivity index (χ2v) is 5.92. The Kier molecular flexibility index (Phi) is 5.40. The molecule has 1 aromatic carbocycles. The summed E-state index contributed by atoms with van der Waals surface area (Å²) in [6.45, 7) is 1.90. The Bertz CT molecular complexity index is 436. The Morgan fingerprint density at radius 3 is 3.05 bits per heavy atom. The zero-order valence-corrected chi connectivity index (χ0v) is 12.9. The van der Waals surface area contributed by atoms with Gasteiger partial charge in [0.05, 0.1) is 6.61 Å². The van der Waals surface area contributed by atoms with Crippen LogP contribution in [0.2, 0.25) is 0 Å². The van der Waals surface area contributed by atoms with Crippen LogP contribution in [0.25, 0.3) is 0 Å². The molecule has 2 rings (SSSR count). The van der Waals surface area contributed by atoms with Crippen LogP contribution in [0.15, 0.2) is 22.7 Å². The minimum atomic E-state index is 0.632. The van der Waals surface area contributed by atoms with Gasteiger partial charge in [-0.3, -0.25) is 4.79 Å². The average molecular weight is 326 g/mol. The molecule has 4 heteroatoms. The molecule has 1 unspecified atom stereocenters. The molecule has 0 saturated carbocycles. The zero-order valence-electron chi connectivity index (χ0n) is 11.3. The number of ether oxygens (including phenoxy) is 1. The van der Waals surface area contributed by atoms with Crippen molar-refractivity contribution < 1.29 is 9.53 Å². The molecule has 0 bridgehead atoms. The summed E-state index contributed by atoms with van der Waals surface area (Å²) < 4.78 is 6.56. The minimum Gasteiger partial charge on any atom is -0.494 e. The number of carbonyl (C=O) groups excluding carboxylic acids is 1. The number of likely N-dealkylation sites (tertiary alicyclic amines) is 1. The normalized spacial score (nSPS) is 20.2. The number of benzene rings is 1. The van der Waals surface area contributed by atoms with Crippen molar-refractivity contribution in [2.75, 3.05) is 20.2 Å². The largest absolute Gasteiger partial charge is 0.494 e. The third-order valence-corrected chi connectivity index (χ3v) is 4.46. The standard InChI is InChI=1S/C15H20BrNO2/c1-17-8-3-2-4-13(17)7-9-19-14-5-6-15(16)12(10-14)11-18/h5-6,10-11,13H,2-4,7-9H2,1H3. The average Bonchev–Trinajstić information content (AvgIpc) is 2.43. The molecule has 1 atom stereocenters. The van der Waals surface area contributed by atoms with Gasteiger partial charge in [0.2, 0.25) is 0 Å². The first-order chi connectivity index (χ1) is 9.20. The first-order valence-corrected chi connectivity index (χ1v) is 7.58. The first-order valence-electron chi connectivity index (χ1n) is 6.78. The van der Waals surface area contributed by atoms with E-state index >= 15 is 0 Å². The Morgan fingerprint density at radius 2 is 2.32 bits per heavy atom. The number of carbonyl (C=O) groups is 1. The van der Waals surface area contributed by atoms with Gasteiger partial charge in [0.15, 0.2) is 6.29 Å². The Labute approximate surface area is 123 Å². The molecule has 0 N–H and O–H groups in total. The van der Waals surface area contributed by atoms with E-state index in [0.29, 0.717) is 18.2 Å². The molecular weight excluding hydrogens is 306 g/mol. The Balaban J connectivity index is 1.83. The van der Waals surface area contributed by atoms with Crippen molar-refractivity contribution in [3.05, 3.63) is 28.2 Å². The molecule has 0 aromatic heterocycles. The molecule has 0 radical (unpaired) electrons. The number of hydrogen-bond acceptors (Lipinski definition) is 3. The Morgan fingerprint density at radius 1 is 1.47 bits per heavy atom. The zero-order chi connectivity index (χ0) is 13.7. The molecule has 19 heavy (non-hydrogen) atoms. The van der Waals surface area contributed by atoms with E-state index in [2.05, 4.69) is 27.9 Å². The molecule has 0 aliphatic carbocycles. The number of aldehydes is 1. The summed E-state index contributed by atoms with van der Waals surface area (Å²) in [5.41, 5.74) is 0.632. The fourth-order valence-electron chi connectivity index (χ4n) is 2.52. The number of piperidine rings is 1. The van der Waals surface area contributed by atoms with Crippen molar-refractivity contribution >= 4 is 22.2 Å². The lowest BCUT2D eigenvalue weighted by atomic mass is 10.0. The highest BCUT2D eigenvalue weighted by atomic mass is 79.9. The SMILES string of the molecule is CN1CCCCC1CCOc1ccc(Br)c(C=O)c1. The maximum Gasteiger partial charge on any atom is 0.151 e. The number of halogens is 1. The Hall–Kier alpha value is -0.870. The van der Waals surface area contributed by atoms with Crippen molar-refractivity contribution in [1.29, 1.82) is 0 Å². The number of nitrogens with zero attached hydrogens (tertiary/aromatic N) is 1. The third kappa shape index (κ3) is 4.05. The molecule has 1 saturated heterocycles. The van der Waals surface area contributed by atoms with E-state index in [4.69, 9.17) is 4.74 Å². The molecule has 1 aromatic rings. The van der Waals surface area contributed by atoms with Crippen molar-refractivity contribution in [3.63, 3.8) is 0 Å². The number of rotatable bonds is 5. The van der Waals surface area contributed by atoms with Crippen LogP contribution in [-0.2, 0) is 0 Å². The number of hydrogen-bond donors (Lipinski definition) is 0. The van der Waals surface area contributed by atoms with Crippen LogP contribution < -0.4 is 4.74 Å². The quantitative estimate of drug-likeness (QED) is 0.776. The summed E-state index contributed by atoms with van der Waals surface area (Å²) >= 11 is 3.34. The van der Waals surface area contributed by atoms with E-state index in [1.54, 1.807) is 6.07 Å². The van der Waals surface area contributed by atoms with Crippen molar-refractivity contribution in [2.45, 2.75) is 31.7 Å². The predicted molar refractivity (Wildman–Crippen MR) is 79.9 cm³/mol. The van der Waals surface area contributed by atoms with Gasteiger partial charge in [-0.05, 0) is 51.1 Å². The van der Waals surface area contributed by atoms with Crippen LogP contribution in [0.3, 0.4) is 0 Å². The topological polar surface area (TPSA) is 29.5 Å². The van der Waals surface area contributed by atoms with Gasteiger partial charge in [0.1, 0.15) is 5.75 Å². The summed E-state index contributed by atoms with van der Waals surface area (Å²) in [6.07, 6.45) is 5.78. The van der Waals surface area contributed by atoms with Crippen LogP contribution in [0.5, 0.6) is 5.75 Å². The van der Waals surface area contributed by atoms with E-state index < -0.39 is 0 Å². The third-order valence-electron chi connectivity index (χ3n) is 3.74. The lowest BCUT2D eigenvalue weighted by molar-refractivity contribution is 0.112. The van der Waals surface area contributed by atoms with Gasteiger partial charge in [-0.25, -0.2) is 0 Å². The van der Waals surface area contributed by atoms with Crippen LogP contribution in [0.4, 0.5) is 0 Å². The smallest absolute Gasteiger partial charge is 0.151 e. The fraction of sp³-hybridized carbons (Fsp3) is 0.533. The highest BCUT2D eigenvalue weighted by molar-refractivity contribution is 9.10. The lowest BCUT2D eigenvalue weighted by Crippen LogP contribution is -2.37. The van der Waals surface area contributed by atoms with Gasteiger partial charge in [0.25, 0.3) is 0 Å². The second-order valence-electron chi connectivity index (χ2n) is 5.07. The maximum atomic E-state index is 10.9. The summed E-state index contributed by atoms with van der Waals surface area (Å²) in [6, 6.07) is 6.16. The maximum absolute atomic E-state index is 10.9. The van der Waals surface area contributed by atoms with Crippen molar-refractivity contribution in [2.24, 2.45) is 0 Å². The summed E-state index contributed by atoms with van der Waals surface area (Å²) in [5.74, 6) is 0.767. The van der Waals surface area contributed by atoms with Crippen molar-refractivity contribution in [1.82, 2.24) is 4.90 Å². The van der Waals surface area contributed by atoms with E-state index in [-0.39, 0.29) is 0 Å². The summed E-state index contributed by atoms with van der Waals surface area (Å²) in [5, 5.41) is 0. The first kappa shape index (κ1) is 14.5. The molecule has 0 spiro atoms. The van der Waals surface area contributed by atoms with Crippen LogP contribution >= 0.6 is 15.9 Å². The minimum absolute atomic E-state index is 0.632. The van der Waals surface area contributed by atoms with E-state index in [1.165, 1.54) is 25.8 Å². The van der Waals surface area contributed by atoms with Gasteiger partial charge >= 0.3 is 0 Å². The lowest BCUT2D eigenvalue weighted by Gasteiger charge is -2.32. The van der Waals surface area contributed by atoms with Crippen LogP contribution in [0.1, 0.15) is 36.0 Å². The van der Waals surface area contributed by atoms with E-state index in [9.17, 15) is 4.79 Å². The summed E-state index contributed by atoms with van der Waals surface area (Å²) in [7, 11) is 2.19. The van der Waals surface area contributed by atoms with Gasteiger partial charge in [-0.15, -0.1) is 0 Å². The van der Waals surface area contributed by atoms with Crippen LogP contribution in [0, 0.1) is 0 Å². The van der Waals surface area contributed by atoms with E-state index in [0.717, 1.165) is 22.9 Å². The molecule has 104 valence electrons. The van der Waals surface area contributed by atoms with Crippen molar-refractivity contribution in [3.8, 4) is 5.75 Å². The van der Waals surface area contributed by atoms with Gasteiger partial charge in [-0.1, -0.05) is 22.4 Å². The molecule has 1 aliphatic heterocycles. The molecule has 1 heterocycles. The highest BCUT2D eigenvalue weighted by Crippen LogP contribution is 2.22. The monoisotopic (exact) mass is 325 g/mol. The molecule has 1 aliphatic rings. The van der Waals surface area contributed by atoms with Gasteiger partial charge < -0.3 is 9.64 Å². The molecule has 1 fully saturated rings. The fourth-order valence-corrected chi connectivity index (χ4v) is 2.86. The highest BCUT2D eigenvalue weighted by Gasteiger charge is 2.18. The van der Waals surface area contributed by atoms with Crippen LogP contribution in [-0.4, -0.2) is 37.4 Å². The molecule has 0 amide bonds. The predicted octanol–water partition coefficient (Wildman–Crippen LogP) is 3.51. The molecular formula is C15H20BrNO2. The van der Waals surface area contributed by atoms with Gasteiger partial charge in [0, 0.05) is 16.1 Å². The second kappa shape index (κ2) is 7.06.